The van der Waals surface area contributed by atoms with Gasteiger partial charge in [0.1, 0.15) is 22.7 Å². The van der Waals surface area contributed by atoms with Gasteiger partial charge in [0.25, 0.3) is 5.91 Å². The molecular formula is C25H26ClFN4O4. The Labute approximate surface area is 206 Å². The van der Waals surface area contributed by atoms with Crippen molar-refractivity contribution in [2.75, 3.05) is 19.7 Å². The maximum atomic E-state index is 13.5. The fraction of sp³-hybridized carbons (Fsp3) is 0.360. The number of nitrogens with zero attached hydrogens (tertiary/aromatic N) is 2. The SMILES string of the molecule is CCOC(=O)C1CCCN(C(=O)[C@H](Cc2ccc(F)cc2)NC(=O)c2cc3cc(Cl)ncc3[nH]2)C1. The number of H-pyrrole nitrogens is 1. The molecule has 2 amide bonds. The molecule has 2 atom stereocenters. The van der Waals surface area contributed by atoms with Crippen molar-refractivity contribution in [1.29, 1.82) is 0 Å². The minimum Gasteiger partial charge on any atom is -0.466 e. The van der Waals surface area contributed by atoms with E-state index in [1.165, 1.54) is 18.3 Å². The number of benzene rings is 1. The van der Waals surface area contributed by atoms with Gasteiger partial charge in [-0.1, -0.05) is 23.7 Å². The summed E-state index contributed by atoms with van der Waals surface area (Å²) in [6.45, 7) is 2.72. The number of piperidine rings is 1. The van der Waals surface area contributed by atoms with Gasteiger partial charge in [0, 0.05) is 24.9 Å². The molecule has 10 heteroatoms. The average Bonchev–Trinajstić information content (AvgIpc) is 3.28. The van der Waals surface area contributed by atoms with Gasteiger partial charge >= 0.3 is 5.97 Å². The molecule has 0 aliphatic carbocycles. The van der Waals surface area contributed by atoms with Gasteiger partial charge in [0.15, 0.2) is 0 Å². The number of likely N-dealkylation sites (tertiary alicyclic amines) is 1. The summed E-state index contributed by atoms with van der Waals surface area (Å²) in [5.41, 5.74) is 1.58. The normalized spacial score (nSPS) is 16.7. The minimum absolute atomic E-state index is 0.166. The van der Waals surface area contributed by atoms with Crippen LogP contribution in [0.3, 0.4) is 0 Å². The van der Waals surface area contributed by atoms with Crippen LogP contribution in [0.5, 0.6) is 0 Å². The van der Waals surface area contributed by atoms with E-state index in [2.05, 4.69) is 15.3 Å². The second kappa shape index (κ2) is 10.9. The summed E-state index contributed by atoms with van der Waals surface area (Å²) in [5.74, 6) is -1.90. The molecule has 3 aromatic rings. The Morgan fingerprint density at radius 2 is 2.06 bits per heavy atom. The average molecular weight is 501 g/mol. The number of hydrogen-bond acceptors (Lipinski definition) is 5. The second-order valence-electron chi connectivity index (χ2n) is 8.51. The third-order valence-electron chi connectivity index (χ3n) is 6.03. The fourth-order valence-corrected chi connectivity index (χ4v) is 4.44. The van der Waals surface area contributed by atoms with Crippen molar-refractivity contribution in [2.24, 2.45) is 5.92 Å². The smallest absolute Gasteiger partial charge is 0.310 e. The number of amides is 2. The number of carbonyl (C=O) groups excluding carboxylic acids is 3. The predicted molar refractivity (Wildman–Crippen MR) is 128 cm³/mol. The molecule has 184 valence electrons. The van der Waals surface area contributed by atoms with Gasteiger partial charge in [-0.2, -0.15) is 0 Å². The van der Waals surface area contributed by atoms with Crippen LogP contribution in [-0.2, 0) is 20.7 Å². The zero-order valence-corrected chi connectivity index (χ0v) is 20.0. The lowest BCUT2D eigenvalue weighted by Crippen LogP contribution is -2.53. The molecule has 1 fully saturated rings. The number of nitrogens with one attached hydrogen (secondary N) is 2. The van der Waals surface area contributed by atoms with Gasteiger partial charge in [-0.15, -0.1) is 0 Å². The first kappa shape index (κ1) is 24.7. The van der Waals surface area contributed by atoms with Crippen molar-refractivity contribution in [1.82, 2.24) is 20.2 Å². The Balaban J connectivity index is 1.55. The highest BCUT2D eigenvalue weighted by atomic mass is 35.5. The van der Waals surface area contributed by atoms with Crippen LogP contribution in [-0.4, -0.2) is 58.4 Å². The summed E-state index contributed by atoms with van der Waals surface area (Å²) < 4.78 is 18.5. The summed E-state index contributed by atoms with van der Waals surface area (Å²) in [6.07, 6.45) is 2.99. The molecular weight excluding hydrogens is 475 g/mol. The second-order valence-corrected chi connectivity index (χ2v) is 8.90. The Morgan fingerprint density at radius 1 is 1.29 bits per heavy atom. The number of aromatic nitrogens is 2. The van der Waals surface area contributed by atoms with Gasteiger partial charge in [-0.3, -0.25) is 14.4 Å². The summed E-state index contributed by atoms with van der Waals surface area (Å²) in [4.78, 5) is 47.4. The molecule has 2 N–H and O–H groups in total. The highest BCUT2D eigenvalue weighted by molar-refractivity contribution is 6.30. The van der Waals surface area contributed by atoms with Gasteiger partial charge < -0.3 is 19.9 Å². The standard InChI is InChI=1S/C25H26ClFN4O4/c1-2-35-25(34)16-4-3-9-31(14-16)24(33)20(10-15-5-7-18(27)8-6-15)30-23(32)19-11-17-12-22(26)28-13-21(17)29-19/h5-8,11-13,16,20,29H,2-4,9-10,14H2,1H3,(H,30,32)/t16?,20-/m0/s1. The minimum atomic E-state index is -0.915. The fourth-order valence-electron chi connectivity index (χ4n) is 4.27. The summed E-state index contributed by atoms with van der Waals surface area (Å²) in [7, 11) is 0. The van der Waals surface area contributed by atoms with Gasteiger partial charge in [-0.05, 0) is 49.6 Å². The number of halogens is 2. The van der Waals surface area contributed by atoms with E-state index in [0.29, 0.717) is 41.0 Å². The van der Waals surface area contributed by atoms with E-state index in [-0.39, 0.29) is 43.0 Å². The van der Waals surface area contributed by atoms with Crippen LogP contribution in [0.15, 0.2) is 42.6 Å². The molecule has 0 saturated carbocycles. The van der Waals surface area contributed by atoms with Gasteiger partial charge in [0.05, 0.1) is 24.2 Å². The van der Waals surface area contributed by atoms with Crippen LogP contribution in [0.25, 0.3) is 10.9 Å². The van der Waals surface area contributed by atoms with E-state index in [9.17, 15) is 18.8 Å². The molecule has 0 bridgehead atoms. The van der Waals surface area contributed by atoms with Gasteiger partial charge in [-0.25, -0.2) is 9.37 Å². The van der Waals surface area contributed by atoms with E-state index >= 15 is 0 Å². The number of carbonyl (C=O) groups is 3. The lowest BCUT2D eigenvalue weighted by atomic mass is 9.96. The van der Waals surface area contributed by atoms with Crippen molar-refractivity contribution in [3.63, 3.8) is 0 Å². The number of ether oxygens (including phenoxy) is 1. The topological polar surface area (TPSA) is 104 Å². The van der Waals surface area contributed by atoms with Crippen molar-refractivity contribution >= 4 is 40.3 Å². The van der Waals surface area contributed by atoms with Crippen molar-refractivity contribution in [3.05, 3.63) is 64.8 Å². The first-order chi connectivity index (χ1) is 16.8. The first-order valence-corrected chi connectivity index (χ1v) is 11.9. The van der Waals surface area contributed by atoms with E-state index < -0.39 is 17.9 Å². The van der Waals surface area contributed by atoms with Crippen LogP contribution >= 0.6 is 11.6 Å². The molecule has 4 rings (SSSR count). The molecule has 0 spiro atoms. The molecule has 2 aromatic heterocycles. The molecule has 1 aromatic carbocycles. The molecule has 35 heavy (non-hydrogen) atoms. The lowest BCUT2D eigenvalue weighted by Gasteiger charge is -2.34. The molecule has 1 unspecified atom stereocenters. The molecule has 8 nitrogen and oxygen atoms in total. The molecule has 0 radical (unpaired) electrons. The van der Waals surface area contributed by atoms with E-state index in [0.717, 1.165) is 0 Å². The summed E-state index contributed by atoms with van der Waals surface area (Å²) in [5, 5.41) is 3.83. The zero-order chi connectivity index (χ0) is 24.9. The lowest BCUT2D eigenvalue weighted by molar-refractivity contribution is -0.151. The third kappa shape index (κ3) is 5.97. The number of rotatable bonds is 7. The maximum Gasteiger partial charge on any atom is 0.310 e. The van der Waals surface area contributed by atoms with Crippen LogP contribution in [0.4, 0.5) is 4.39 Å². The van der Waals surface area contributed by atoms with E-state index in [4.69, 9.17) is 16.3 Å². The van der Waals surface area contributed by atoms with Crippen LogP contribution < -0.4 is 5.32 Å². The molecule has 1 aliphatic rings. The number of fused-ring (bicyclic) bond motifs is 1. The van der Waals surface area contributed by atoms with Gasteiger partial charge in [0.2, 0.25) is 5.91 Å². The monoisotopic (exact) mass is 500 g/mol. The van der Waals surface area contributed by atoms with E-state index in [1.54, 1.807) is 36.1 Å². The van der Waals surface area contributed by atoms with Crippen LogP contribution in [0, 0.1) is 11.7 Å². The zero-order valence-electron chi connectivity index (χ0n) is 19.2. The Bertz CT molecular complexity index is 1230. The Kier molecular flexibility index (Phi) is 7.65. The highest BCUT2D eigenvalue weighted by Crippen LogP contribution is 2.21. The van der Waals surface area contributed by atoms with Crippen molar-refractivity contribution in [2.45, 2.75) is 32.2 Å². The number of hydrogen-bond donors (Lipinski definition) is 2. The Morgan fingerprint density at radius 3 is 2.80 bits per heavy atom. The van der Waals surface area contributed by atoms with E-state index in [1.807, 2.05) is 0 Å². The highest BCUT2D eigenvalue weighted by Gasteiger charge is 2.33. The Hall–Kier alpha value is -3.46. The maximum absolute atomic E-state index is 13.5. The molecule has 1 aliphatic heterocycles. The summed E-state index contributed by atoms with van der Waals surface area (Å²) >= 11 is 5.94. The van der Waals surface area contributed by atoms with Crippen molar-refractivity contribution < 1.29 is 23.5 Å². The largest absolute Gasteiger partial charge is 0.466 e. The predicted octanol–water partition coefficient (Wildman–Crippen LogP) is 3.50. The third-order valence-corrected chi connectivity index (χ3v) is 6.23. The quantitative estimate of drug-likeness (QED) is 0.381. The molecule has 3 heterocycles. The number of aromatic amines is 1. The first-order valence-electron chi connectivity index (χ1n) is 11.5. The van der Waals surface area contributed by atoms with Crippen LogP contribution in [0.2, 0.25) is 5.15 Å². The summed E-state index contributed by atoms with van der Waals surface area (Å²) in [6, 6.07) is 8.13. The van der Waals surface area contributed by atoms with Crippen molar-refractivity contribution in [3.8, 4) is 0 Å². The van der Waals surface area contributed by atoms with Crippen LogP contribution in [0.1, 0.15) is 35.8 Å². The number of esters is 1. The molecule has 1 saturated heterocycles. The number of pyridine rings is 1.